The minimum absolute atomic E-state index is 0.367. The Morgan fingerprint density at radius 1 is 1.00 bits per heavy atom. The molecule has 4 bridgehead atoms. The fourth-order valence-electron chi connectivity index (χ4n) is 5.40. The van der Waals surface area contributed by atoms with Crippen molar-refractivity contribution in [3.63, 3.8) is 0 Å². The van der Waals surface area contributed by atoms with Crippen LogP contribution in [0.15, 0.2) is 24.3 Å². The first-order chi connectivity index (χ1) is 9.70. The van der Waals surface area contributed by atoms with Crippen molar-refractivity contribution in [2.24, 2.45) is 23.7 Å². The second-order valence-electron chi connectivity index (χ2n) is 7.37. The van der Waals surface area contributed by atoms with Gasteiger partial charge in [0.15, 0.2) is 0 Å². The molecule has 0 aliphatic heterocycles. The van der Waals surface area contributed by atoms with Crippen LogP contribution in [0.1, 0.15) is 50.6 Å². The highest BCUT2D eigenvalue weighted by molar-refractivity contribution is 6.31. The number of hydrogen-bond acceptors (Lipinski definition) is 1. The van der Waals surface area contributed by atoms with Crippen LogP contribution >= 0.6 is 11.6 Å². The van der Waals surface area contributed by atoms with E-state index < -0.39 is 0 Å². The van der Waals surface area contributed by atoms with Gasteiger partial charge in [0.05, 0.1) is 0 Å². The molecule has 1 N–H and O–H groups in total. The van der Waals surface area contributed by atoms with Crippen LogP contribution in [0.25, 0.3) is 0 Å². The summed E-state index contributed by atoms with van der Waals surface area (Å²) in [6, 6.07) is 9.38. The molecule has 0 aromatic heterocycles. The molecule has 1 unspecified atom stereocenters. The third kappa shape index (κ3) is 2.19. The third-order valence-electron chi connectivity index (χ3n) is 6.04. The molecule has 1 aromatic carbocycles. The average molecular weight is 290 g/mol. The maximum absolute atomic E-state index is 6.35. The predicted octanol–water partition coefficient (Wildman–Crippen LogP) is 4.82. The molecule has 5 rings (SSSR count). The van der Waals surface area contributed by atoms with Crippen molar-refractivity contribution in [3.8, 4) is 0 Å². The van der Waals surface area contributed by atoms with E-state index in [-0.39, 0.29) is 0 Å². The number of halogens is 1. The number of hydrogen-bond donors (Lipinski definition) is 1. The van der Waals surface area contributed by atoms with Crippen molar-refractivity contribution >= 4 is 11.6 Å². The Morgan fingerprint density at radius 3 is 2.20 bits per heavy atom. The Balaban J connectivity index is 1.50. The molecule has 4 aliphatic rings. The lowest BCUT2D eigenvalue weighted by Gasteiger charge is -2.55. The Bertz CT molecular complexity index is 470. The molecule has 4 aliphatic carbocycles. The highest BCUT2D eigenvalue weighted by Gasteiger charge is 2.48. The molecule has 2 heteroatoms. The minimum Gasteiger partial charge on any atom is -0.307 e. The van der Waals surface area contributed by atoms with Gasteiger partial charge in [0, 0.05) is 17.1 Å². The molecule has 108 valence electrons. The van der Waals surface area contributed by atoms with Crippen molar-refractivity contribution in [1.29, 1.82) is 0 Å². The van der Waals surface area contributed by atoms with Crippen molar-refractivity contribution in [3.05, 3.63) is 34.9 Å². The van der Waals surface area contributed by atoms with Crippen LogP contribution in [0.4, 0.5) is 0 Å². The summed E-state index contributed by atoms with van der Waals surface area (Å²) in [6.45, 7) is 2.27. The molecular formula is C18H24ClN. The molecule has 20 heavy (non-hydrogen) atoms. The molecule has 1 aromatic rings. The van der Waals surface area contributed by atoms with Gasteiger partial charge in [0.2, 0.25) is 0 Å². The van der Waals surface area contributed by atoms with Crippen LogP contribution in [0.3, 0.4) is 0 Å². The zero-order valence-electron chi connectivity index (χ0n) is 12.2. The smallest absolute Gasteiger partial charge is 0.0453 e. The van der Waals surface area contributed by atoms with Crippen molar-refractivity contribution < 1.29 is 0 Å². The van der Waals surface area contributed by atoms with Gasteiger partial charge in [0.1, 0.15) is 0 Å². The molecule has 0 spiro atoms. The van der Waals surface area contributed by atoms with Crippen molar-refractivity contribution in [1.82, 2.24) is 5.32 Å². The fourth-order valence-corrected chi connectivity index (χ4v) is 5.70. The molecule has 4 fully saturated rings. The summed E-state index contributed by atoms with van der Waals surface area (Å²) in [6.07, 6.45) is 7.42. The minimum atomic E-state index is 0.367. The van der Waals surface area contributed by atoms with E-state index in [9.17, 15) is 0 Å². The van der Waals surface area contributed by atoms with Gasteiger partial charge in [-0.05, 0) is 74.3 Å². The standard InChI is InChI=1S/C18H24ClN/c1-11(16-4-2-3-5-17(16)19)20-18-14-7-12-6-13(9-14)10-15(18)8-12/h2-5,11-15,18,20H,6-10H2,1H3. The maximum atomic E-state index is 6.35. The van der Waals surface area contributed by atoms with E-state index in [0.29, 0.717) is 6.04 Å². The monoisotopic (exact) mass is 289 g/mol. The van der Waals surface area contributed by atoms with Crippen LogP contribution in [-0.4, -0.2) is 6.04 Å². The average Bonchev–Trinajstić information content (AvgIpc) is 2.42. The third-order valence-corrected chi connectivity index (χ3v) is 6.39. The topological polar surface area (TPSA) is 12.0 Å². The number of nitrogens with one attached hydrogen (secondary N) is 1. The summed E-state index contributed by atoms with van der Waals surface area (Å²) in [5.74, 6) is 3.95. The molecule has 0 heterocycles. The highest BCUT2D eigenvalue weighted by atomic mass is 35.5. The van der Waals surface area contributed by atoms with Gasteiger partial charge in [-0.2, -0.15) is 0 Å². The van der Waals surface area contributed by atoms with Gasteiger partial charge < -0.3 is 5.32 Å². The van der Waals surface area contributed by atoms with Crippen LogP contribution < -0.4 is 5.32 Å². The molecule has 4 saturated carbocycles. The normalized spacial score (nSPS) is 40.0. The Kier molecular flexibility index (Phi) is 3.31. The largest absolute Gasteiger partial charge is 0.307 e. The van der Waals surface area contributed by atoms with E-state index in [1.165, 1.54) is 37.7 Å². The molecule has 0 radical (unpaired) electrons. The van der Waals surface area contributed by atoms with Crippen LogP contribution in [-0.2, 0) is 0 Å². The summed E-state index contributed by atoms with van der Waals surface area (Å²) in [5, 5.41) is 4.83. The first-order valence-corrected chi connectivity index (χ1v) is 8.59. The Labute approximate surface area is 127 Å². The summed E-state index contributed by atoms with van der Waals surface area (Å²) in [5.41, 5.74) is 1.25. The molecular weight excluding hydrogens is 266 g/mol. The SMILES string of the molecule is CC(NC1C2CC3CC(C2)CC1C3)c1ccccc1Cl. The summed E-state index contributed by atoms with van der Waals surface area (Å²) >= 11 is 6.35. The zero-order valence-corrected chi connectivity index (χ0v) is 12.9. The number of benzene rings is 1. The molecule has 0 amide bonds. The van der Waals surface area contributed by atoms with E-state index in [1.807, 2.05) is 12.1 Å². The highest BCUT2D eigenvalue weighted by Crippen LogP contribution is 2.54. The Hall–Kier alpha value is -0.530. The van der Waals surface area contributed by atoms with Crippen LogP contribution in [0.2, 0.25) is 5.02 Å². The summed E-state index contributed by atoms with van der Waals surface area (Å²) in [4.78, 5) is 0. The zero-order chi connectivity index (χ0) is 13.7. The first kappa shape index (κ1) is 13.2. The van der Waals surface area contributed by atoms with Gasteiger partial charge >= 0.3 is 0 Å². The number of rotatable bonds is 3. The van der Waals surface area contributed by atoms with E-state index in [4.69, 9.17) is 11.6 Å². The molecule has 1 atom stereocenters. The van der Waals surface area contributed by atoms with E-state index in [1.54, 1.807) is 0 Å². The van der Waals surface area contributed by atoms with Gasteiger partial charge in [-0.25, -0.2) is 0 Å². The van der Waals surface area contributed by atoms with E-state index in [0.717, 1.165) is 34.7 Å². The molecule has 1 nitrogen and oxygen atoms in total. The van der Waals surface area contributed by atoms with Crippen molar-refractivity contribution in [2.45, 2.75) is 51.1 Å². The van der Waals surface area contributed by atoms with Crippen molar-refractivity contribution in [2.75, 3.05) is 0 Å². The maximum Gasteiger partial charge on any atom is 0.0453 e. The van der Waals surface area contributed by atoms with Gasteiger partial charge in [-0.15, -0.1) is 0 Å². The fraction of sp³-hybridized carbons (Fsp3) is 0.667. The lowest BCUT2D eigenvalue weighted by molar-refractivity contribution is -0.0171. The first-order valence-electron chi connectivity index (χ1n) is 8.21. The Morgan fingerprint density at radius 2 is 1.60 bits per heavy atom. The second-order valence-corrected chi connectivity index (χ2v) is 7.77. The van der Waals surface area contributed by atoms with Crippen LogP contribution in [0, 0.1) is 23.7 Å². The lowest BCUT2D eigenvalue weighted by atomic mass is 9.54. The van der Waals surface area contributed by atoms with E-state index >= 15 is 0 Å². The van der Waals surface area contributed by atoms with Gasteiger partial charge in [-0.3, -0.25) is 0 Å². The van der Waals surface area contributed by atoms with Crippen LogP contribution in [0.5, 0.6) is 0 Å². The predicted molar refractivity (Wildman–Crippen MR) is 83.8 cm³/mol. The van der Waals surface area contributed by atoms with E-state index in [2.05, 4.69) is 24.4 Å². The second kappa shape index (κ2) is 5.03. The van der Waals surface area contributed by atoms with Gasteiger partial charge in [-0.1, -0.05) is 29.8 Å². The summed E-state index contributed by atoms with van der Waals surface area (Å²) in [7, 11) is 0. The molecule has 0 saturated heterocycles. The van der Waals surface area contributed by atoms with Gasteiger partial charge in [0.25, 0.3) is 0 Å². The quantitative estimate of drug-likeness (QED) is 0.841. The summed E-state index contributed by atoms with van der Waals surface area (Å²) < 4.78 is 0. The lowest BCUT2D eigenvalue weighted by Crippen LogP contribution is -2.54.